The van der Waals surface area contributed by atoms with Gasteiger partial charge < -0.3 is 4.98 Å². The van der Waals surface area contributed by atoms with Crippen molar-refractivity contribution in [3.63, 3.8) is 0 Å². The Labute approximate surface area is 145 Å². The number of aromatic nitrogens is 3. The summed E-state index contributed by atoms with van der Waals surface area (Å²) < 4.78 is 1.23. The summed E-state index contributed by atoms with van der Waals surface area (Å²) in [6.07, 6.45) is 0. The van der Waals surface area contributed by atoms with E-state index in [2.05, 4.69) is 15.4 Å². The molecule has 0 saturated heterocycles. The Balaban J connectivity index is 1.73. The number of benzene rings is 2. The molecule has 0 bridgehead atoms. The van der Waals surface area contributed by atoms with Crippen LogP contribution in [0.25, 0.3) is 21.9 Å². The molecule has 7 heteroatoms. The van der Waals surface area contributed by atoms with E-state index in [0.717, 1.165) is 16.5 Å². The summed E-state index contributed by atoms with van der Waals surface area (Å²) in [6, 6.07) is 17.1. The highest BCUT2D eigenvalue weighted by atomic mass is 32.2. The van der Waals surface area contributed by atoms with Gasteiger partial charge in [-0.1, -0.05) is 60.3 Å². The number of hydrogen-bond acceptors (Lipinski definition) is 4. The summed E-state index contributed by atoms with van der Waals surface area (Å²) in [4.78, 5) is 33.0. The van der Waals surface area contributed by atoms with E-state index in [-0.39, 0.29) is 11.5 Å². The van der Waals surface area contributed by atoms with E-state index < -0.39 is 5.25 Å². The molecule has 1 aliphatic heterocycles. The number of carbonyl (C=O) groups excluding carboxylic acids is 1. The van der Waals surface area contributed by atoms with Crippen molar-refractivity contribution >= 4 is 39.6 Å². The SMILES string of the molecule is O=C1Nn2c(nc3c([nH]c4ccccc43)c2=O)SC1c1ccccc1. The van der Waals surface area contributed by atoms with E-state index in [4.69, 9.17) is 0 Å². The van der Waals surface area contributed by atoms with Crippen molar-refractivity contribution in [2.45, 2.75) is 10.4 Å². The standard InChI is InChI=1S/C18H12N4O2S/c23-16-15(10-6-2-1-3-7-10)25-18-20-13-11-8-4-5-9-12(11)19-14(13)17(24)22(18)21-16/h1-9,15,19H,(H,21,23). The number of aromatic amines is 1. The lowest BCUT2D eigenvalue weighted by Gasteiger charge is -2.24. The number of H-pyrrole nitrogens is 1. The van der Waals surface area contributed by atoms with Crippen molar-refractivity contribution in [2.24, 2.45) is 0 Å². The van der Waals surface area contributed by atoms with Crippen LogP contribution in [0.4, 0.5) is 0 Å². The van der Waals surface area contributed by atoms with Crippen LogP contribution in [0.15, 0.2) is 64.5 Å². The van der Waals surface area contributed by atoms with Crippen LogP contribution >= 0.6 is 11.8 Å². The number of rotatable bonds is 1. The zero-order valence-corrected chi connectivity index (χ0v) is 13.7. The van der Waals surface area contributed by atoms with E-state index in [1.807, 2.05) is 54.6 Å². The molecule has 2 aromatic heterocycles. The minimum atomic E-state index is -0.434. The van der Waals surface area contributed by atoms with Crippen LogP contribution in [0.3, 0.4) is 0 Å². The molecular weight excluding hydrogens is 336 g/mol. The molecule has 0 saturated carbocycles. The fraction of sp³-hybridized carbons (Fsp3) is 0.0556. The van der Waals surface area contributed by atoms with Crippen LogP contribution in [0.1, 0.15) is 10.8 Å². The molecule has 0 fully saturated rings. The van der Waals surface area contributed by atoms with Crippen LogP contribution in [0.2, 0.25) is 0 Å². The van der Waals surface area contributed by atoms with Crippen molar-refractivity contribution in [3.8, 4) is 0 Å². The third-order valence-electron chi connectivity index (χ3n) is 4.28. The Bertz CT molecular complexity index is 1200. The van der Waals surface area contributed by atoms with Gasteiger partial charge in [0, 0.05) is 10.9 Å². The van der Waals surface area contributed by atoms with Gasteiger partial charge >= 0.3 is 0 Å². The molecule has 0 radical (unpaired) electrons. The molecule has 1 aliphatic rings. The fourth-order valence-electron chi connectivity index (χ4n) is 3.09. The molecule has 2 aromatic carbocycles. The number of fused-ring (bicyclic) bond motifs is 4. The molecule has 1 amide bonds. The smallest absolute Gasteiger partial charge is 0.297 e. The Morgan fingerprint density at radius 1 is 1.00 bits per heavy atom. The average molecular weight is 348 g/mol. The Hall–Kier alpha value is -3.06. The van der Waals surface area contributed by atoms with Gasteiger partial charge in [0.2, 0.25) is 0 Å². The van der Waals surface area contributed by atoms with E-state index in [0.29, 0.717) is 16.2 Å². The molecule has 4 aromatic rings. The highest BCUT2D eigenvalue weighted by Gasteiger charge is 2.31. The van der Waals surface area contributed by atoms with Crippen molar-refractivity contribution in [3.05, 3.63) is 70.5 Å². The molecule has 2 N–H and O–H groups in total. The zero-order chi connectivity index (χ0) is 17.0. The van der Waals surface area contributed by atoms with Crippen LogP contribution in [0.5, 0.6) is 0 Å². The number of nitrogens with one attached hydrogen (secondary N) is 2. The predicted molar refractivity (Wildman–Crippen MR) is 97.3 cm³/mol. The van der Waals surface area contributed by atoms with Crippen molar-refractivity contribution < 1.29 is 4.79 Å². The first kappa shape index (κ1) is 14.3. The van der Waals surface area contributed by atoms with Gasteiger partial charge in [-0.2, -0.15) is 4.68 Å². The molecule has 3 heterocycles. The molecule has 0 spiro atoms. The highest BCUT2D eigenvalue weighted by molar-refractivity contribution is 8.00. The maximum atomic E-state index is 12.8. The number of amides is 1. The summed E-state index contributed by atoms with van der Waals surface area (Å²) in [5.74, 6) is -0.233. The van der Waals surface area contributed by atoms with Crippen LogP contribution in [-0.2, 0) is 4.79 Å². The van der Waals surface area contributed by atoms with E-state index in [1.54, 1.807) is 0 Å². The molecule has 122 valence electrons. The minimum absolute atomic E-state index is 0.233. The van der Waals surface area contributed by atoms with Crippen molar-refractivity contribution in [2.75, 3.05) is 5.43 Å². The summed E-state index contributed by atoms with van der Waals surface area (Å²) in [6.45, 7) is 0. The monoisotopic (exact) mass is 348 g/mol. The van der Waals surface area contributed by atoms with Crippen molar-refractivity contribution in [1.82, 2.24) is 14.6 Å². The minimum Gasteiger partial charge on any atom is -0.349 e. The number of carbonyl (C=O) groups is 1. The van der Waals surface area contributed by atoms with Crippen LogP contribution in [0, 0.1) is 0 Å². The quantitative estimate of drug-likeness (QED) is 0.519. The lowest BCUT2D eigenvalue weighted by molar-refractivity contribution is -0.117. The first-order valence-electron chi connectivity index (χ1n) is 7.78. The predicted octanol–water partition coefficient (Wildman–Crippen LogP) is 2.79. The van der Waals surface area contributed by atoms with Gasteiger partial charge in [-0.3, -0.25) is 15.0 Å². The maximum absolute atomic E-state index is 12.8. The van der Waals surface area contributed by atoms with Gasteiger partial charge in [-0.05, 0) is 11.6 Å². The maximum Gasteiger partial charge on any atom is 0.297 e. The largest absolute Gasteiger partial charge is 0.349 e. The van der Waals surface area contributed by atoms with Gasteiger partial charge in [0.1, 0.15) is 16.3 Å². The third-order valence-corrected chi connectivity index (χ3v) is 5.49. The lowest BCUT2D eigenvalue weighted by Crippen LogP contribution is -2.40. The van der Waals surface area contributed by atoms with E-state index >= 15 is 0 Å². The molecular formula is C18H12N4O2S. The summed E-state index contributed by atoms with van der Waals surface area (Å²) in [5.41, 5.74) is 5.12. The summed E-state index contributed by atoms with van der Waals surface area (Å²) in [7, 11) is 0. The first-order chi connectivity index (χ1) is 12.2. The number of thioether (sulfide) groups is 1. The first-order valence-corrected chi connectivity index (χ1v) is 8.66. The summed E-state index contributed by atoms with van der Waals surface area (Å²) >= 11 is 1.29. The highest BCUT2D eigenvalue weighted by Crippen LogP contribution is 2.37. The zero-order valence-electron chi connectivity index (χ0n) is 12.9. The number of nitrogens with zero attached hydrogens (tertiary/aromatic N) is 2. The number of hydrogen-bond donors (Lipinski definition) is 2. The van der Waals surface area contributed by atoms with Crippen LogP contribution < -0.4 is 11.0 Å². The normalized spacial score (nSPS) is 16.8. The molecule has 25 heavy (non-hydrogen) atoms. The molecule has 6 nitrogen and oxygen atoms in total. The molecule has 1 atom stereocenters. The third kappa shape index (κ3) is 2.09. The molecule has 5 rings (SSSR count). The van der Waals surface area contributed by atoms with Gasteiger partial charge in [-0.25, -0.2) is 4.98 Å². The van der Waals surface area contributed by atoms with Gasteiger partial charge in [0.25, 0.3) is 11.5 Å². The second-order valence-corrected chi connectivity index (χ2v) is 6.89. The van der Waals surface area contributed by atoms with Crippen LogP contribution in [-0.4, -0.2) is 20.6 Å². The number of para-hydroxylation sites is 1. The Morgan fingerprint density at radius 3 is 2.60 bits per heavy atom. The van der Waals surface area contributed by atoms with E-state index in [1.165, 1.54) is 16.4 Å². The fourth-order valence-corrected chi connectivity index (χ4v) is 4.14. The Morgan fingerprint density at radius 2 is 1.76 bits per heavy atom. The van der Waals surface area contributed by atoms with E-state index in [9.17, 15) is 9.59 Å². The van der Waals surface area contributed by atoms with Crippen molar-refractivity contribution in [1.29, 1.82) is 0 Å². The summed E-state index contributed by atoms with van der Waals surface area (Å²) in [5, 5.41) is 0.943. The topological polar surface area (TPSA) is 79.8 Å². The second kappa shape index (κ2) is 5.22. The molecule has 1 unspecified atom stereocenters. The average Bonchev–Trinajstić information content (AvgIpc) is 3.02. The second-order valence-electron chi connectivity index (χ2n) is 5.81. The molecule has 0 aliphatic carbocycles. The van der Waals surface area contributed by atoms with Gasteiger partial charge in [0.15, 0.2) is 5.16 Å². The van der Waals surface area contributed by atoms with Gasteiger partial charge in [-0.15, -0.1) is 0 Å². The Kier molecular flexibility index (Phi) is 2.98. The lowest BCUT2D eigenvalue weighted by atomic mass is 10.1. The van der Waals surface area contributed by atoms with Gasteiger partial charge in [0.05, 0.1) is 0 Å².